The van der Waals surface area contributed by atoms with E-state index in [4.69, 9.17) is 0 Å². The molecule has 0 unspecified atom stereocenters. The van der Waals surface area contributed by atoms with E-state index >= 15 is 0 Å². The van der Waals surface area contributed by atoms with Crippen molar-refractivity contribution >= 4 is 5.78 Å². The number of ketones is 1. The molecule has 2 rings (SSSR count). The molecule has 0 bridgehead atoms. The largest absolute Gasteiger partial charge is 0.299 e. The van der Waals surface area contributed by atoms with E-state index < -0.39 is 0 Å². The van der Waals surface area contributed by atoms with Gasteiger partial charge in [-0.05, 0) is 38.0 Å². The molecular formula is C12H18O. The number of hydrogen-bond acceptors (Lipinski definition) is 1. The van der Waals surface area contributed by atoms with Crippen LogP contribution in [-0.4, -0.2) is 5.78 Å². The van der Waals surface area contributed by atoms with Crippen molar-refractivity contribution in [2.45, 2.75) is 46.0 Å². The molecule has 0 saturated heterocycles. The highest BCUT2D eigenvalue weighted by Gasteiger charge is 2.41. The van der Waals surface area contributed by atoms with Crippen molar-refractivity contribution in [3.8, 4) is 0 Å². The van der Waals surface area contributed by atoms with Crippen LogP contribution in [0.15, 0.2) is 11.6 Å². The number of carbonyl (C=O) groups is 1. The van der Waals surface area contributed by atoms with E-state index in [2.05, 4.69) is 19.9 Å². The van der Waals surface area contributed by atoms with Gasteiger partial charge in [-0.2, -0.15) is 0 Å². The van der Waals surface area contributed by atoms with Crippen LogP contribution in [0.5, 0.6) is 0 Å². The van der Waals surface area contributed by atoms with Crippen LogP contribution in [0, 0.1) is 11.3 Å². The number of allylic oxidation sites excluding steroid dienone is 2. The Morgan fingerprint density at radius 2 is 2.23 bits per heavy atom. The summed E-state index contributed by atoms with van der Waals surface area (Å²) in [5.41, 5.74) is 1.69. The first-order valence-electron chi connectivity index (χ1n) is 5.33. The Morgan fingerprint density at radius 3 is 3.00 bits per heavy atom. The molecule has 1 nitrogen and oxygen atoms in total. The summed E-state index contributed by atoms with van der Waals surface area (Å²) in [4.78, 5) is 11.7. The van der Waals surface area contributed by atoms with Gasteiger partial charge in [0.1, 0.15) is 5.78 Å². The average molecular weight is 178 g/mol. The van der Waals surface area contributed by atoms with Gasteiger partial charge < -0.3 is 0 Å². The quantitative estimate of drug-likeness (QED) is 0.521. The molecule has 0 amide bonds. The van der Waals surface area contributed by atoms with Gasteiger partial charge in [-0.3, -0.25) is 4.79 Å². The van der Waals surface area contributed by atoms with Crippen LogP contribution in [0.1, 0.15) is 46.0 Å². The lowest BCUT2D eigenvalue weighted by Crippen LogP contribution is -2.38. The monoisotopic (exact) mass is 178 g/mol. The van der Waals surface area contributed by atoms with E-state index in [1.54, 1.807) is 0 Å². The van der Waals surface area contributed by atoms with E-state index in [1.807, 2.05) is 0 Å². The van der Waals surface area contributed by atoms with Crippen LogP contribution in [0.4, 0.5) is 0 Å². The molecule has 0 aromatic rings. The van der Waals surface area contributed by atoms with Crippen molar-refractivity contribution in [3.05, 3.63) is 11.6 Å². The topological polar surface area (TPSA) is 17.1 Å². The SMILES string of the molecule is CC1=C[C@]2(C)CCCC(=O)[C@@H]2CC1. The van der Waals surface area contributed by atoms with Gasteiger partial charge in [0.25, 0.3) is 0 Å². The normalized spacial score (nSPS) is 39.7. The molecule has 1 heteroatoms. The summed E-state index contributed by atoms with van der Waals surface area (Å²) in [7, 11) is 0. The first-order chi connectivity index (χ1) is 6.12. The minimum absolute atomic E-state index is 0.206. The Labute approximate surface area is 80.2 Å². The maximum absolute atomic E-state index is 11.7. The number of Topliss-reactive ketones (excluding diaryl/α,β-unsaturated/α-hetero) is 1. The van der Waals surface area contributed by atoms with Crippen molar-refractivity contribution in [2.75, 3.05) is 0 Å². The van der Waals surface area contributed by atoms with Gasteiger partial charge in [-0.25, -0.2) is 0 Å². The predicted octanol–water partition coefficient (Wildman–Crippen LogP) is 3.10. The average Bonchev–Trinajstić information content (AvgIpc) is 2.02. The number of hydrogen-bond donors (Lipinski definition) is 0. The molecule has 0 aromatic heterocycles. The van der Waals surface area contributed by atoms with E-state index in [9.17, 15) is 4.79 Å². The second-order valence-electron chi connectivity index (χ2n) is 4.91. The summed E-state index contributed by atoms with van der Waals surface area (Å²) in [5, 5.41) is 0. The Bertz CT molecular complexity index is 264. The standard InChI is InChI=1S/C12H18O/c1-9-5-6-10-11(13)4-3-7-12(10,2)8-9/h8,10H,3-7H2,1-2H3/t10-,12-/m0/s1. The Kier molecular flexibility index (Phi) is 2.05. The molecule has 0 radical (unpaired) electrons. The van der Waals surface area contributed by atoms with Crippen molar-refractivity contribution in [3.63, 3.8) is 0 Å². The maximum atomic E-state index is 11.7. The van der Waals surface area contributed by atoms with Crippen LogP contribution >= 0.6 is 0 Å². The Morgan fingerprint density at radius 1 is 1.46 bits per heavy atom. The molecule has 1 saturated carbocycles. The van der Waals surface area contributed by atoms with Crippen LogP contribution < -0.4 is 0 Å². The fraction of sp³-hybridized carbons (Fsp3) is 0.750. The number of carbonyl (C=O) groups excluding carboxylic acids is 1. The van der Waals surface area contributed by atoms with Gasteiger partial charge in [-0.15, -0.1) is 0 Å². The molecule has 13 heavy (non-hydrogen) atoms. The molecule has 0 aliphatic heterocycles. The molecule has 2 atom stereocenters. The van der Waals surface area contributed by atoms with Gasteiger partial charge >= 0.3 is 0 Å². The minimum Gasteiger partial charge on any atom is -0.299 e. The Balaban J connectivity index is 2.31. The third kappa shape index (κ3) is 1.45. The summed E-state index contributed by atoms with van der Waals surface area (Å²) in [5.74, 6) is 0.849. The fourth-order valence-electron chi connectivity index (χ4n) is 3.03. The van der Waals surface area contributed by atoms with Crippen molar-refractivity contribution in [1.82, 2.24) is 0 Å². The van der Waals surface area contributed by atoms with Gasteiger partial charge in [-0.1, -0.05) is 18.6 Å². The van der Waals surface area contributed by atoms with Crippen molar-refractivity contribution in [2.24, 2.45) is 11.3 Å². The fourth-order valence-corrected chi connectivity index (χ4v) is 3.03. The number of rotatable bonds is 0. The molecule has 0 spiro atoms. The van der Waals surface area contributed by atoms with Gasteiger partial charge in [0.2, 0.25) is 0 Å². The summed E-state index contributed by atoms with van der Waals surface area (Å²) in [6.45, 7) is 4.46. The van der Waals surface area contributed by atoms with E-state index in [0.29, 0.717) is 11.7 Å². The van der Waals surface area contributed by atoms with Gasteiger partial charge in [0.15, 0.2) is 0 Å². The van der Waals surface area contributed by atoms with E-state index in [-0.39, 0.29) is 5.41 Å². The Hall–Kier alpha value is -0.590. The van der Waals surface area contributed by atoms with Crippen molar-refractivity contribution < 1.29 is 4.79 Å². The van der Waals surface area contributed by atoms with E-state index in [1.165, 1.54) is 12.0 Å². The molecular weight excluding hydrogens is 160 g/mol. The second-order valence-corrected chi connectivity index (χ2v) is 4.91. The highest BCUT2D eigenvalue weighted by atomic mass is 16.1. The van der Waals surface area contributed by atoms with Crippen LogP contribution in [0.25, 0.3) is 0 Å². The first kappa shape index (κ1) is 8.98. The summed E-state index contributed by atoms with van der Waals surface area (Å²) in [6.07, 6.45) is 7.71. The third-order valence-electron chi connectivity index (χ3n) is 3.73. The molecule has 0 N–H and O–H groups in total. The lowest BCUT2D eigenvalue weighted by atomic mass is 9.62. The highest BCUT2D eigenvalue weighted by Crippen LogP contribution is 2.46. The van der Waals surface area contributed by atoms with Crippen molar-refractivity contribution in [1.29, 1.82) is 0 Å². The lowest BCUT2D eigenvalue weighted by Gasteiger charge is -2.41. The molecule has 72 valence electrons. The molecule has 2 aliphatic carbocycles. The summed E-state index contributed by atoms with van der Waals surface area (Å²) >= 11 is 0. The van der Waals surface area contributed by atoms with Crippen LogP contribution in [0.2, 0.25) is 0 Å². The number of fused-ring (bicyclic) bond motifs is 1. The van der Waals surface area contributed by atoms with Gasteiger partial charge in [0.05, 0.1) is 0 Å². The zero-order chi connectivity index (χ0) is 9.47. The summed E-state index contributed by atoms with van der Waals surface area (Å²) in [6, 6.07) is 0. The highest BCUT2D eigenvalue weighted by molar-refractivity contribution is 5.83. The zero-order valence-corrected chi connectivity index (χ0v) is 8.60. The third-order valence-corrected chi connectivity index (χ3v) is 3.73. The van der Waals surface area contributed by atoms with Gasteiger partial charge in [0, 0.05) is 12.3 Å². The predicted molar refractivity (Wildman–Crippen MR) is 53.4 cm³/mol. The lowest BCUT2D eigenvalue weighted by molar-refractivity contribution is -0.129. The second kappa shape index (κ2) is 2.97. The van der Waals surface area contributed by atoms with Crippen LogP contribution in [0.3, 0.4) is 0 Å². The smallest absolute Gasteiger partial charge is 0.136 e. The first-order valence-corrected chi connectivity index (χ1v) is 5.33. The molecule has 1 fully saturated rings. The van der Waals surface area contributed by atoms with E-state index in [0.717, 1.165) is 25.7 Å². The minimum atomic E-state index is 0.206. The zero-order valence-electron chi connectivity index (χ0n) is 8.60. The molecule has 0 heterocycles. The summed E-state index contributed by atoms with van der Waals surface area (Å²) < 4.78 is 0. The molecule has 2 aliphatic rings. The molecule has 0 aromatic carbocycles. The maximum Gasteiger partial charge on any atom is 0.136 e. The van der Waals surface area contributed by atoms with Crippen LogP contribution in [-0.2, 0) is 4.79 Å².